The zero-order chi connectivity index (χ0) is 16.7. The van der Waals surface area contributed by atoms with Gasteiger partial charge in [-0.15, -0.1) is 11.8 Å². The highest BCUT2D eigenvalue weighted by Crippen LogP contribution is 2.06. The quantitative estimate of drug-likeness (QED) is 0.369. The Morgan fingerprint density at radius 3 is 2.87 bits per heavy atom. The van der Waals surface area contributed by atoms with E-state index < -0.39 is 5.91 Å². The first kappa shape index (κ1) is 17.2. The molecule has 2 aromatic heterocycles. The van der Waals surface area contributed by atoms with E-state index in [1.807, 2.05) is 29.0 Å². The Morgan fingerprint density at radius 2 is 2.22 bits per heavy atom. The summed E-state index contributed by atoms with van der Waals surface area (Å²) < 4.78 is 1.84. The van der Waals surface area contributed by atoms with Crippen LogP contribution in [0.15, 0.2) is 52.9 Å². The van der Waals surface area contributed by atoms with E-state index in [2.05, 4.69) is 20.0 Å². The van der Waals surface area contributed by atoms with E-state index in [0.29, 0.717) is 17.2 Å². The molecule has 0 fully saturated rings. The van der Waals surface area contributed by atoms with E-state index in [-0.39, 0.29) is 5.04 Å². The number of amides is 1. The Hall–Kier alpha value is -2.12. The van der Waals surface area contributed by atoms with Crippen LogP contribution in [-0.2, 0) is 16.2 Å². The Morgan fingerprint density at radius 1 is 1.39 bits per heavy atom. The number of thioether (sulfide) groups is 1. The fourth-order valence-electron chi connectivity index (χ4n) is 1.80. The topological polar surface area (TPSA) is 68.8 Å². The van der Waals surface area contributed by atoms with Crippen LogP contribution in [0.4, 0.5) is 0 Å². The maximum atomic E-state index is 12.1. The average molecular weight is 351 g/mol. The zero-order valence-corrected chi connectivity index (χ0v) is 14.2. The number of carbonyl (C=O) groups is 1. The third-order valence-corrected chi connectivity index (χ3v) is 3.68. The lowest BCUT2D eigenvalue weighted by atomic mass is 10.3. The summed E-state index contributed by atoms with van der Waals surface area (Å²) in [5.41, 5.74) is 1.47. The number of nitrogens with zero attached hydrogens (tertiary/aromatic N) is 4. The van der Waals surface area contributed by atoms with Crippen molar-refractivity contribution in [3.8, 4) is 0 Å². The number of hydrogen-bond acceptors (Lipinski definition) is 5. The SMILES string of the molecule is CO/N=C(\SC)C(=O)/N=c1\ccccn1Cc1ccc(Cl)nc1. The second-order valence-electron chi connectivity index (χ2n) is 4.38. The van der Waals surface area contributed by atoms with Crippen LogP contribution in [0.1, 0.15) is 5.56 Å². The minimum absolute atomic E-state index is 0.191. The molecule has 0 aliphatic rings. The summed E-state index contributed by atoms with van der Waals surface area (Å²) in [5, 5.41) is 4.29. The Kier molecular flexibility index (Phi) is 6.37. The van der Waals surface area contributed by atoms with Gasteiger partial charge in [0.2, 0.25) is 5.04 Å². The van der Waals surface area contributed by atoms with Gasteiger partial charge in [0, 0.05) is 12.4 Å². The summed E-state index contributed by atoms with van der Waals surface area (Å²) in [5.74, 6) is -0.450. The number of carbonyl (C=O) groups excluding carboxylic acids is 1. The molecule has 1 amide bonds. The van der Waals surface area contributed by atoms with E-state index in [0.717, 1.165) is 5.56 Å². The number of aromatic nitrogens is 2. The van der Waals surface area contributed by atoms with Crippen LogP contribution < -0.4 is 5.49 Å². The summed E-state index contributed by atoms with van der Waals surface area (Å²) in [6.45, 7) is 0.521. The fraction of sp³-hybridized carbons (Fsp3) is 0.200. The number of oxime groups is 1. The first-order valence-corrected chi connectivity index (χ1v) is 8.24. The minimum Gasteiger partial charge on any atom is -0.398 e. The molecular formula is C15H15ClN4O2S. The van der Waals surface area contributed by atoms with Gasteiger partial charge in [0.25, 0.3) is 0 Å². The van der Waals surface area contributed by atoms with E-state index in [1.165, 1.54) is 18.9 Å². The highest BCUT2D eigenvalue weighted by atomic mass is 35.5. The molecule has 0 aliphatic carbocycles. The lowest BCUT2D eigenvalue weighted by Gasteiger charge is -2.07. The minimum atomic E-state index is -0.450. The predicted octanol–water partition coefficient (Wildman–Crippen LogP) is 2.34. The van der Waals surface area contributed by atoms with Crippen molar-refractivity contribution in [2.24, 2.45) is 10.1 Å². The summed E-state index contributed by atoms with van der Waals surface area (Å²) in [4.78, 5) is 24.9. The molecule has 0 radical (unpaired) electrons. The Balaban J connectivity index is 2.33. The van der Waals surface area contributed by atoms with E-state index in [9.17, 15) is 4.79 Å². The van der Waals surface area contributed by atoms with Crippen molar-refractivity contribution in [1.82, 2.24) is 9.55 Å². The summed E-state index contributed by atoms with van der Waals surface area (Å²) >= 11 is 6.97. The zero-order valence-electron chi connectivity index (χ0n) is 12.6. The monoisotopic (exact) mass is 350 g/mol. The molecule has 0 saturated heterocycles. The van der Waals surface area contributed by atoms with Crippen LogP contribution >= 0.6 is 23.4 Å². The van der Waals surface area contributed by atoms with Crippen molar-refractivity contribution in [1.29, 1.82) is 0 Å². The van der Waals surface area contributed by atoms with Gasteiger partial charge in [0.15, 0.2) is 0 Å². The molecule has 0 unspecified atom stereocenters. The number of halogens is 1. The largest absolute Gasteiger partial charge is 0.398 e. The van der Waals surface area contributed by atoms with Gasteiger partial charge in [-0.3, -0.25) is 4.79 Å². The maximum Gasteiger partial charge on any atom is 0.307 e. The van der Waals surface area contributed by atoms with E-state index >= 15 is 0 Å². The van der Waals surface area contributed by atoms with Crippen LogP contribution in [0.2, 0.25) is 5.15 Å². The molecule has 0 atom stereocenters. The molecule has 0 aliphatic heterocycles. The average Bonchev–Trinajstić information content (AvgIpc) is 2.56. The second kappa shape index (κ2) is 8.50. The number of hydrogen-bond donors (Lipinski definition) is 0. The predicted molar refractivity (Wildman–Crippen MR) is 91.3 cm³/mol. The highest BCUT2D eigenvalue weighted by molar-refractivity contribution is 8.15. The first-order chi connectivity index (χ1) is 11.1. The normalized spacial score (nSPS) is 12.3. The van der Waals surface area contributed by atoms with Gasteiger partial charge in [-0.25, -0.2) is 4.98 Å². The van der Waals surface area contributed by atoms with Crippen molar-refractivity contribution in [2.45, 2.75) is 6.54 Å². The van der Waals surface area contributed by atoms with E-state index in [4.69, 9.17) is 11.6 Å². The summed E-state index contributed by atoms with van der Waals surface area (Å²) in [6.07, 6.45) is 5.27. The lowest BCUT2D eigenvalue weighted by Crippen LogP contribution is -2.23. The molecule has 6 nitrogen and oxygen atoms in total. The fourth-order valence-corrected chi connectivity index (χ4v) is 2.28. The third-order valence-electron chi connectivity index (χ3n) is 2.82. The highest BCUT2D eigenvalue weighted by Gasteiger charge is 2.10. The third kappa shape index (κ3) is 4.94. The van der Waals surface area contributed by atoms with Crippen molar-refractivity contribution in [2.75, 3.05) is 13.4 Å². The molecule has 120 valence electrons. The molecule has 0 aromatic carbocycles. The Bertz CT molecular complexity index is 772. The summed E-state index contributed by atoms with van der Waals surface area (Å²) in [7, 11) is 1.39. The maximum absolute atomic E-state index is 12.1. The number of pyridine rings is 2. The first-order valence-electron chi connectivity index (χ1n) is 6.64. The van der Waals surface area contributed by atoms with E-state index in [1.54, 1.807) is 24.6 Å². The van der Waals surface area contributed by atoms with Gasteiger partial charge in [0.1, 0.15) is 17.8 Å². The molecule has 0 N–H and O–H groups in total. The van der Waals surface area contributed by atoms with Crippen molar-refractivity contribution in [3.05, 3.63) is 58.9 Å². The molecule has 0 saturated carbocycles. The van der Waals surface area contributed by atoms with Gasteiger partial charge in [-0.2, -0.15) is 4.99 Å². The van der Waals surface area contributed by atoms with Crippen LogP contribution in [-0.4, -0.2) is 33.9 Å². The van der Waals surface area contributed by atoms with Crippen LogP contribution in [0, 0.1) is 0 Å². The second-order valence-corrected chi connectivity index (χ2v) is 5.56. The van der Waals surface area contributed by atoms with Gasteiger partial charge < -0.3 is 9.40 Å². The van der Waals surface area contributed by atoms with Crippen LogP contribution in [0.25, 0.3) is 0 Å². The van der Waals surface area contributed by atoms with Gasteiger partial charge >= 0.3 is 5.91 Å². The molecule has 0 bridgehead atoms. The van der Waals surface area contributed by atoms with Crippen molar-refractivity contribution >= 4 is 34.3 Å². The molecule has 0 spiro atoms. The van der Waals surface area contributed by atoms with Gasteiger partial charge in [-0.05, 0) is 30.0 Å². The number of rotatable bonds is 3. The Labute approximate surface area is 142 Å². The van der Waals surface area contributed by atoms with Gasteiger partial charge in [0.05, 0.1) is 6.54 Å². The van der Waals surface area contributed by atoms with Crippen molar-refractivity contribution in [3.63, 3.8) is 0 Å². The smallest absolute Gasteiger partial charge is 0.307 e. The molecule has 2 rings (SSSR count). The van der Waals surface area contributed by atoms with Crippen LogP contribution in [0.5, 0.6) is 0 Å². The van der Waals surface area contributed by atoms with Gasteiger partial charge in [-0.1, -0.05) is 28.9 Å². The molecule has 2 aromatic rings. The standard InChI is InChI=1S/C15H15ClN4O2S/c1-22-19-15(23-2)14(21)18-13-5-3-4-8-20(13)10-11-6-7-12(16)17-9-11/h3-9H,10H2,1-2H3/b18-13+,19-15-. The molecule has 23 heavy (non-hydrogen) atoms. The molecule has 2 heterocycles. The lowest BCUT2D eigenvalue weighted by molar-refractivity contribution is -0.112. The van der Waals surface area contributed by atoms with Crippen molar-refractivity contribution < 1.29 is 9.63 Å². The van der Waals surface area contributed by atoms with Crippen LogP contribution in [0.3, 0.4) is 0 Å². The summed E-state index contributed by atoms with van der Waals surface area (Å²) in [6, 6.07) is 9.03. The molecule has 8 heteroatoms. The molecular weight excluding hydrogens is 336 g/mol.